The van der Waals surface area contributed by atoms with Gasteiger partial charge in [0.2, 0.25) is 0 Å². The Morgan fingerprint density at radius 3 is 2.59 bits per heavy atom. The second-order valence-electron chi connectivity index (χ2n) is 9.47. The van der Waals surface area contributed by atoms with Crippen molar-refractivity contribution >= 4 is 11.7 Å². The summed E-state index contributed by atoms with van der Waals surface area (Å²) < 4.78 is 0. The van der Waals surface area contributed by atoms with Gasteiger partial charge >= 0.3 is 0 Å². The van der Waals surface area contributed by atoms with E-state index in [4.69, 9.17) is 5.73 Å². The largest absolute Gasteiger partial charge is 0.390 e. The van der Waals surface area contributed by atoms with Crippen LogP contribution in [0.3, 0.4) is 0 Å². The molecule has 3 N–H and O–H groups in total. The number of rotatable bonds is 3. The number of primary amides is 1. The molecule has 0 spiro atoms. The van der Waals surface area contributed by atoms with E-state index in [1.165, 1.54) is 12.8 Å². The molecule has 4 bridgehead atoms. The maximum absolute atomic E-state index is 11.5. The Morgan fingerprint density at radius 2 is 1.96 bits per heavy atom. The van der Waals surface area contributed by atoms with E-state index >= 15 is 0 Å². The summed E-state index contributed by atoms with van der Waals surface area (Å²) in [6.07, 6.45) is 5.66. The molecule has 4 saturated carbocycles. The number of aromatic nitrogens is 1. The van der Waals surface area contributed by atoms with E-state index in [1.807, 2.05) is 12.1 Å². The molecule has 6 nitrogen and oxygen atoms in total. The Kier molecular flexibility index (Phi) is 3.99. The monoisotopic (exact) mass is 370 g/mol. The minimum absolute atomic E-state index is 0.330. The first-order valence-corrected chi connectivity index (χ1v) is 10.4. The summed E-state index contributed by atoms with van der Waals surface area (Å²) in [5.41, 5.74) is 5.36. The van der Waals surface area contributed by atoms with Crippen LogP contribution in [0.15, 0.2) is 18.2 Å². The number of pyridine rings is 1. The van der Waals surface area contributed by atoms with Crippen molar-refractivity contribution in [3.8, 4) is 0 Å². The third kappa shape index (κ3) is 2.93. The number of carbonyl (C=O) groups is 1. The average molecular weight is 370 g/mol. The summed E-state index contributed by atoms with van der Waals surface area (Å²) in [6, 6.07) is 6.48. The SMILES string of the molecule is C[C@@H]1CN(C2C3CC4CC2CC(O)(C4)C3)CCN1c1cccc(C(N)=O)n1. The molecule has 6 heteroatoms. The molecule has 0 radical (unpaired) electrons. The standard InChI is InChI=1S/C21H30N4O2/c1-13-12-24(5-6-25(13)18-4-2-3-17(23-18)20(22)26)19-15-7-14-8-16(19)11-21(27,9-14)10-15/h2-4,13-16,19,27H,5-12H2,1H3,(H2,22,26)/t13-,14?,15?,16?,19?,21?/m1/s1. The van der Waals surface area contributed by atoms with Crippen molar-refractivity contribution in [1.82, 2.24) is 9.88 Å². The van der Waals surface area contributed by atoms with Gasteiger partial charge in [-0.05, 0) is 68.9 Å². The average Bonchev–Trinajstić information content (AvgIpc) is 2.60. The van der Waals surface area contributed by atoms with Crippen molar-refractivity contribution in [2.45, 2.75) is 56.7 Å². The predicted molar refractivity (Wildman–Crippen MR) is 103 cm³/mol. The fourth-order valence-electron chi connectivity index (χ4n) is 6.87. The van der Waals surface area contributed by atoms with Gasteiger partial charge in [-0.15, -0.1) is 0 Å². The summed E-state index contributed by atoms with van der Waals surface area (Å²) in [6.45, 7) is 5.20. The van der Waals surface area contributed by atoms with Crippen molar-refractivity contribution in [3.05, 3.63) is 23.9 Å². The van der Waals surface area contributed by atoms with Gasteiger partial charge in [-0.3, -0.25) is 9.69 Å². The van der Waals surface area contributed by atoms with Gasteiger partial charge in [-0.1, -0.05) is 6.07 Å². The molecule has 2 heterocycles. The van der Waals surface area contributed by atoms with E-state index in [1.54, 1.807) is 6.07 Å². The Morgan fingerprint density at radius 1 is 1.22 bits per heavy atom. The molecule has 1 aromatic rings. The number of amides is 1. The maximum Gasteiger partial charge on any atom is 0.267 e. The van der Waals surface area contributed by atoms with Gasteiger partial charge in [0.25, 0.3) is 5.91 Å². The normalized spacial score (nSPS) is 41.1. The van der Waals surface area contributed by atoms with Crippen molar-refractivity contribution in [2.24, 2.45) is 23.5 Å². The zero-order valence-corrected chi connectivity index (χ0v) is 16.1. The molecule has 3 atom stereocenters. The lowest BCUT2D eigenvalue weighted by Gasteiger charge is -2.61. The van der Waals surface area contributed by atoms with Crippen LogP contribution < -0.4 is 10.6 Å². The number of hydrogen-bond donors (Lipinski definition) is 2. The van der Waals surface area contributed by atoms with E-state index in [9.17, 15) is 9.90 Å². The molecule has 4 aliphatic carbocycles. The Hall–Kier alpha value is -1.66. The molecular formula is C21H30N4O2. The minimum atomic E-state index is -0.477. The molecule has 5 aliphatic rings. The zero-order chi connectivity index (χ0) is 18.8. The van der Waals surface area contributed by atoms with Gasteiger partial charge in [-0.25, -0.2) is 4.98 Å². The zero-order valence-electron chi connectivity index (χ0n) is 16.1. The second-order valence-corrected chi connectivity index (χ2v) is 9.47. The fraction of sp³-hybridized carbons (Fsp3) is 0.714. The topological polar surface area (TPSA) is 82.7 Å². The van der Waals surface area contributed by atoms with E-state index in [-0.39, 0.29) is 5.60 Å². The van der Waals surface area contributed by atoms with Crippen LogP contribution in [0.2, 0.25) is 0 Å². The summed E-state index contributed by atoms with van der Waals surface area (Å²) in [5, 5.41) is 10.9. The Bertz CT molecular complexity index is 737. The molecule has 1 aliphatic heterocycles. The highest BCUT2D eigenvalue weighted by molar-refractivity contribution is 5.91. The van der Waals surface area contributed by atoms with E-state index in [2.05, 4.69) is 21.7 Å². The predicted octanol–water partition coefficient (Wildman–Crippen LogP) is 1.63. The van der Waals surface area contributed by atoms with E-state index < -0.39 is 5.91 Å². The number of carbonyl (C=O) groups excluding carboxylic acids is 1. The highest BCUT2D eigenvalue weighted by Crippen LogP contribution is 2.57. The molecule has 146 valence electrons. The number of piperazine rings is 1. The molecule has 1 aromatic heterocycles. The van der Waals surface area contributed by atoms with Crippen LogP contribution >= 0.6 is 0 Å². The van der Waals surface area contributed by atoms with Crippen LogP contribution in [-0.2, 0) is 0 Å². The summed E-state index contributed by atoms with van der Waals surface area (Å²) >= 11 is 0. The third-order valence-corrected chi connectivity index (χ3v) is 7.55. The van der Waals surface area contributed by atoms with Crippen LogP contribution in [0.4, 0.5) is 5.82 Å². The lowest BCUT2D eigenvalue weighted by Crippen LogP contribution is -2.65. The molecule has 0 aromatic carbocycles. The van der Waals surface area contributed by atoms with Crippen LogP contribution in [-0.4, -0.2) is 58.2 Å². The quantitative estimate of drug-likeness (QED) is 0.845. The lowest BCUT2D eigenvalue weighted by molar-refractivity contribution is -0.161. The number of nitrogens with two attached hydrogens (primary N) is 1. The van der Waals surface area contributed by atoms with Gasteiger partial charge in [-0.2, -0.15) is 0 Å². The summed E-state index contributed by atoms with van der Waals surface area (Å²) in [7, 11) is 0. The molecule has 2 unspecified atom stereocenters. The van der Waals surface area contributed by atoms with E-state index in [0.29, 0.717) is 29.6 Å². The molecular weight excluding hydrogens is 340 g/mol. The van der Waals surface area contributed by atoms with Gasteiger partial charge < -0.3 is 15.7 Å². The van der Waals surface area contributed by atoms with Crippen molar-refractivity contribution in [1.29, 1.82) is 0 Å². The molecule has 1 amide bonds. The first-order chi connectivity index (χ1) is 12.9. The number of nitrogens with zero attached hydrogens (tertiary/aromatic N) is 3. The van der Waals surface area contributed by atoms with Crippen LogP contribution in [0, 0.1) is 17.8 Å². The Balaban J connectivity index is 1.31. The van der Waals surface area contributed by atoms with Crippen molar-refractivity contribution in [3.63, 3.8) is 0 Å². The molecule has 6 rings (SSSR count). The smallest absolute Gasteiger partial charge is 0.267 e. The highest BCUT2D eigenvalue weighted by Gasteiger charge is 2.56. The fourth-order valence-corrected chi connectivity index (χ4v) is 6.87. The number of anilines is 1. The van der Waals surface area contributed by atoms with Crippen molar-refractivity contribution in [2.75, 3.05) is 24.5 Å². The third-order valence-electron chi connectivity index (χ3n) is 7.55. The van der Waals surface area contributed by atoms with Crippen LogP contribution in [0.25, 0.3) is 0 Å². The first-order valence-electron chi connectivity index (χ1n) is 10.4. The number of hydrogen-bond acceptors (Lipinski definition) is 5. The van der Waals surface area contributed by atoms with Crippen molar-refractivity contribution < 1.29 is 9.90 Å². The lowest BCUT2D eigenvalue weighted by atomic mass is 9.52. The van der Waals surface area contributed by atoms with Gasteiger partial charge in [0.15, 0.2) is 0 Å². The molecule has 5 fully saturated rings. The Labute approximate surface area is 160 Å². The molecule has 27 heavy (non-hydrogen) atoms. The minimum Gasteiger partial charge on any atom is -0.390 e. The van der Waals surface area contributed by atoms with Gasteiger partial charge in [0, 0.05) is 31.7 Å². The molecule has 1 saturated heterocycles. The van der Waals surface area contributed by atoms with Gasteiger partial charge in [0.1, 0.15) is 11.5 Å². The number of aliphatic hydroxyl groups is 1. The second kappa shape index (κ2) is 6.17. The van der Waals surface area contributed by atoms with Gasteiger partial charge in [0.05, 0.1) is 5.60 Å². The van der Waals surface area contributed by atoms with E-state index in [0.717, 1.165) is 50.6 Å². The van der Waals surface area contributed by atoms with Crippen LogP contribution in [0.5, 0.6) is 0 Å². The first kappa shape index (κ1) is 17.4. The summed E-state index contributed by atoms with van der Waals surface area (Å²) in [4.78, 5) is 20.9. The summed E-state index contributed by atoms with van der Waals surface area (Å²) in [5.74, 6) is 2.45. The maximum atomic E-state index is 11.5. The highest BCUT2D eigenvalue weighted by atomic mass is 16.3. The van der Waals surface area contributed by atoms with Crippen LogP contribution in [0.1, 0.15) is 49.5 Å².